The number of hydrogen-bond donors (Lipinski definition) is 0. The SMILES string of the molecule is C=C(C)C(=O)OC1(C(C)C)C2CC3CC(C2)CC1C3.C=C(C)C(=O)OC1(C)C2CC3CC(C2)CC1C3.C=C(C)C(=O)OC1(C)CC2CCC1C2.C=C(C)C(=O)OC1(CC)C2CC3CC(C2)CC1C3.C=C(C)C(=O)OC1C2CC3C(=O)OC1C3C2. The topological polar surface area (TPSA) is 158 Å². The Hall–Kier alpha value is -4.48. The highest BCUT2D eigenvalue weighted by Crippen LogP contribution is 2.64. The van der Waals surface area contributed by atoms with E-state index >= 15 is 0 Å². The highest BCUT2D eigenvalue weighted by molar-refractivity contribution is 5.89. The predicted octanol–water partition coefficient (Wildman–Crippen LogP) is 14.7. The maximum atomic E-state index is 12.1. The number of carbonyl (C=O) groups excluding carboxylic acids is 6. The van der Waals surface area contributed by atoms with Crippen LogP contribution in [0.5, 0.6) is 0 Å². The molecule has 8 atom stereocenters. The molecule has 16 saturated carbocycles. The van der Waals surface area contributed by atoms with Crippen LogP contribution in [0.25, 0.3) is 0 Å². The van der Waals surface area contributed by atoms with Crippen LogP contribution >= 0.6 is 0 Å². The van der Waals surface area contributed by atoms with E-state index in [0.717, 1.165) is 67.1 Å². The van der Waals surface area contributed by atoms with Crippen molar-refractivity contribution < 1.29 is 57.2 Å². The fourth-order valence-corrected chi connectivity index (χ4v) is 21.3. The summed E-state index contributed by atoms with van der Waals surface area (Å²) >= 11 is 0. The molecule has 8 unspecified atom stereocenters. The van der Waals surface area contributed by atoms with E-state index < -0.39 is 0 Å². The van der Waals surface area contributed by atoms with Crippen LogP contribution in [0.2, 0.25) is 0 Å². The Kier molecular flexibility index (Phi) is 17.8. The Morgan fingerprint density at radius 3 is 1.30 bits per heavy atom. The van der Waals surface area contributed by atoms with Crippen LogP contribution in [0.15, 0.2) is 60.8 Å². The van der Waals surface area contributed by atoms with Gasteiger partial charge in [-0.15, -0.1) is 0 Å². The summed E-state index contributed by atoms with van der Waals surface area (Å²) < 4.78 is 34.1. The van der Waals surface area contributed by atoms with Gasteiger partial charge in [0.2, 0.25) is 0 Å². The van der Waals surface area contributed by atoms with E-state index in [0.29, 0.717) is 81.1 Å². The van der Waals surface area contributed by atoms with E-state index in [1.807, 2.05) is 0 Å². The van der Waals surface area contributed by atoms with Crippen molar-refractivity contribution in [3.63, 3.8) is 0 Å². The van der Waals surface area contributed by atoms with Crippen molar-refractivity contribution in [3.05, 3.63) is 60.8 Å². The van der Waals surface area contributed by atoms with Gasteiger partial charge in [0.25, 0.3) is 0 Å². The molecule has 464 valence electrons. The monoisotopic (exact) mass is 1160 g/mol. The molecule has 17 aliphatic rings. The third kappa shape index (κ3) is 11.8. The molecule has 0 spiro atoms. The molecule has 17 rings (SSSR count). The number of carbonyl (C=O) groups is 6. The summed E-state index contributed by atoms with van der Waals surface area (Å²) in [5.41, 5.74) is 1.73. The van der Waals surface area contributed by atoms with Crippen molar-refractivity contribution >= 4 is 35.8 Å². The molecular weight excluding hydrogens is 1060 g/mol. The lowest BCUT2D eigenvalue weighted by atomic mass is 9.47. The van der Waals surface area contributed by atoms with Gasteiger partial charge in [-0.3, -0.25) is 4.79 Å². The van der Waals surface area contributed by atoms with Crippen LogP contribution < -0.4 is 0 Å². The molecule has 1 heterocycles. The fraction of sp³-hybridized carbons (Fsp3) is 0.778. The lowest BCUT2D eigenvalue weighted by molar-refractivity contribution is -0.221. The van der Waals surface area contributed by atoms with Gasteiger partial charge in [0.1, 0.15) is 34.6 Å². The molecular formula is C72H104O12. The third-order valence-electron chi connectivity index (χ3n) is 24.8. The number of esters is 6. The van der Waals surface area contributed by atoms with Gasteiger partial charge in [-0.2, -0.15) is 0 Å². The van der Waals surface area contributed by atoms with Gasteiger partial charge in [0.05, 0.1) is 5.92 Å². The van der Waals surface area contributed by atoms with Gasteiger partial charge in [0, 0.05) is 39.7 Å². The zero-order valence-corrected chi connectivity index (χ0v) is 53.0. The van der Waals surface area contributed by atoms with Crippen molar-refractivity contribution in [2.45, 2.75) is 245 Å². The van der Waals surface area contributed by atoms with E-state index in [1.54, 1.807) is 34.6 Å². The predicted molar refractivity (Wildman–Crippen MR) is 322 cm³/mol. The minimum atomic E-state index is -0.378. The summed E-state index contributed by atoms with van der Waals surface area (Å²) in [6.45, 7) is 37.8. The fourth-order valence-electron chi connectivity index (χ4n) is 21.3. The van der Waals surface area contributed by atoms with E-state index in [-0.39, 0.29) is 82.3 Å². The average molecular weight is 1160 g/mol. The highest BCUT2D eigenvalue weighted by Gasteiger charge is 2.65. The zero-order chi connectivity index (χ0) is 60.7. The summed E-state index contributed by atoms with van der Waals surface area (Å²) in [5, 5.41) is 0. The standard InChI is InChI=1S/C17H26O2.C16H24O2.C15H22O2.C12H14O4.C12H18O2/c1-10(2)16(18)19-17(11(3)4)14-6-12-5-13(8-14)9-15(17)7-12;1-4-16(18-15(17)10(2)3)13-6-11-5-12(8-13)9-14(16)7-11;1-9(2)14(16)17-15(3)12-5-10-4-11(7-12)8-13(15)6-10;1-5(2)11(13)15-9-6-3-7-8(4-6)12(14)16-10(7)9;1-8(2)11(13)14-12(3)7-9-4-5-10(12)6-9/h11-15H,1,5-9H2,2-4H3;11-14H,2,4-9H2,1,3H3;10-13H,1,4-8H2,2-3H3;6-10H,1,3-4H2,2H3;9-10H,1,4-7H2,2-3H3. The van der Waals surface area contributed by atoms with Gasteiger partial charge in [0.15, 0.2) is 0 Å². The Bertz CT molecular complexity index is 2570. The number of hydrogen-bond acceptors (Lipinski definition) is 12. The molecule has 0 N–H and O–H groups in total. The van der Waals surface area contributed by atoms with Crippen LogP contribution in [-0.4, -0.2) is 70.4 Å². The van der Waals surface area contributed by atoms with Crippen LogP contribution in [0.1, 0.15) is 210 Å². The molecule has 12 nitrogen and oxygen atoms in total. The van der Waals surface area contributed by atoms with E-state index in [1.165, 1.54) is 116 Å². The lowest BCUT2D eigenvalue weighted by Crippen LogP contribution is -2.62. The van der Waals surface area contributed by atoms with Crippen molar-refractivity contribution in [1.82, 2.24) is 0 Å². The van der Waals surface area contributed by atoms with E-state index in [2.05, 4.69) is 67.5 Å². The molecule has 0 aromatic carbocycles. The van der Waals surface area contributed by atoms with Crippen molar-refractivity contribution in [3.8, 4) is 0 Å². The first-order valence-corrected chi connectivity index (χ1v) is 33.2. The van der Waals surface area contributed by atoms with E-state index in [9.17, 15) is 28.8 Å². The van der Waals surface area contributed by atoms with Crippen molar-refractivity contribution in [1.29, 1.82) is 0 Å². The minimum Gasteiger partial charge on any atom is -0.458 e. The van der Waals surface area contributed by atoms with Crippen LogP contribution in [-0.2, 0) is 57.2 Å². The first-order chi connectivity index (χ1) is 39.6. The molecule has 0 amide bonds. The molecule has 0 aromatic heterocycles. The lowest BCUT2D eigenvalue weighted by Gasteiger charge is -2.61. The Morgan fingerprint density at radius 1 is 0.488 bits per heavy atom. The number of ether oxygens (including phenoxy) is 6. The molecule has 84 heavy (non-hydrogen) atoms. The molecule has 17 fully saturated rings. The normalized spacial score (nSPS) is 43.9. The first kappa shape index (κ1) is 62.6. The van der Waals surface area contributed by atoms with Crippen LogP contribution in [0.4, 0.5) is 0 Å². The van der Waals surface area contributed by atoms with Gasteiger partial charge >= 0.3 is 35.8 Å². The van der Waals surface area contributed by atoms with Crippen molar-refractivity contribution in [2.24, 2.45) is 107 Å². The first-order valence-electron chi connectivity index (χ1n) is 33.2. The smallest absolute Gasteiger partial charge is 0.333 e. The number of rotatable bonds is 12. The summed E-state index contributed by atoms with van der Waals surface area (Å²) in [4.78, 5) is 70.3. The molecule has 1 saturated heterocycles. The Balaban J connectivity index is 0.000000117. The van der Waals surface area contributed by atoms with Crippen molar-refractivity contribution in [2.75, 3.05) is 0 Å². The molecule has 0 radical (unpaired) electrons. The Morgan fingerprint density at radius 2 is 0.893 bits per heavy atom. The summed E-state index contributed by atoms with van der Waals surface area (Å²) in [6.07, 6.45) is 26.7. The Labute approximate surface area is 503 Å². The second-order valence-electron chi connectivity index (χ2n) is 31.0. The molecule has 12 heteroatoms. The van der Waals surface area contributed by atoms with Crippen LogP contribution in [0, 0.1) is 107 Å². The van der Waals surface area contributed by atoms with Gasteiger partial charge < -0.3 is 28.4 Å². The molecule has 0 aromatic rings. The van der Waals surface area contributed by atoms with E-state index in [4.69, 9.17) is 28.4 Å². The summed E-state index contributed by atoms with van der Waals surface area (Å²) in [5.74, 6) is 10.2. The number of fused-ring (bicyclic) bond motifs is 3. The second kappa shape index (κ2) is 23.9. The molecule has 16 bridgehead atoms. The molecule has 16 aliphatic carbocycles. The summed E-state index contributed by atoms with van der Waals surface area (Å²) in [6, 6.07) is 0. The summed E-state index contributed by atoms with van der Waals surface area (Å²) in [7, 11) is 0. The second-order valence-corrected chi connectivity index (χ2v) is 31.0. The zero-order valence-electron chi connectivity index (χ0n) is 53.0. The average Bonchev–Trinajstić information content (AvgIpc) is 1.17. The van der Waals surface area contributed by atoms with Gasteiger partial charge in [-0.25, -0.2) is 24.0 Å². The largest absolute Gasteiger partial charge is 0.458 e. The molecule has 1 aliphatic heterocycles. The highest BCUT2D eigenvalue weighted by atomic mass is 16.6. The van der Waals surface area contributed by atoms with Gasteiger partial charge in [-0.05, 0) is 278 Å². The van der Waals surface area contributed by atoms with Crippen LogP contribution in [0.3, 0.4) is 0 Å². The quantitative estimate of drug-likeness (QED) is 0.104. The van der Waals surface area contributed by atoms with Gasteiger partial charge in [-0.1, -0.05) is 53.7 Å². The maximum Gasteiger partial charge on any atom is 0.333 e. The third-order valence-corrected chi connectivity index (χ3v) is 24.8. The minimum absolute atomic E-state index is 0.0646. The maximum absolute atomic E-state index is 12.1.